The smallest absolute Gasteiger partial charge is 0.0794 e. The van der Waals surface area contributed by atoms with Crippen LogP contribution < -0.4 is 5.32 Å². The predicted octanol–water partition coefficient (Wildman–Crippen LogP) is 2.98. The van der Waals surface area contributed by atoms with E-state index in [4.69, 9.17) is 0 Å². The van der Waals surface area contributed by atoms with E-state index in [1.165, 1.54) is 24.1 Å². The highest BCUT2D eigenvalue weighted by molar-refractivity contribution is 7.09. The van der Waals surface area contributed by atoms with Crippen molar-refractivity contribution in [1.82, 2.24) is 10.3 Å². The highest BCUT2D eigenvalue weighted by Crippen LogP contribution is 2.27. The molecular formula is C11H18N2S. The third kappa shape index (κ3) is 2.15. The molecule has 1 heterocycles. The van der Waals surface area contributed by atoms with Gasteiger partial charge in [0, 0.05) is 23.2 Å². The Bertz CT molecular complexity index is 271. The van der Waals surface area contributed by atoms with E-state index in [2.05, 4.69) is 24.1 Å². The van der Waals surface area contributed by atoms with Crippen LogP contribution in [-0.4, -0.2) is 11.0 Å². The lowest BCUT2D eigenvalue weighted by Crippen LogP contribution is -2.32. The first-order chi connectivity index (χ1) is 6.77. The SMILES string of the molecule is CC(NC1CCCC1C)c1cncs1. The molecule has 1 aliphatic carbocycles. The molecule has 1 aromatic rings. The van der Waals surface area contributed by atoms with Crippen molar-refractivity contribution in [3.8, 4) is 0 Å². The number of thiazole rings is 1. The minimum Gasteiger partial charge on any atom is -0.306 e. The molecule has 1 fully saturated rings. The van der Waals surface area contributed by atoms with Gasteiger partial charge in [-0.2, -0.15) is 0 Å². The molecule has 0 saturated heterocycles. The van der Waals surface area contributed by atoms with Crippen molar-refractivity contribution in [2.24, 2.45) is 5.92 Å². The number of rotatable bonds is 3. The maximum absolute atomic E-state index is 4.12. The van der Waals surface area contributed by atoms with Crippen molar-refractivity contribution in [2.75, 3.05) is 0 Å². The number of hydrogen-bond donors (Lipinski definition) is 1. The lowest BCUT2D eigenvalue weighted by atomic mass is 10.1. The number of hydrogen-bond acceptors (Lipinski definition) is 3. The molecular weight excluding hydrogens is 192 g/mol. The maximum Gasteiger partial charge on any atom is 0.0794 e. The van der Waals surface area contributed by atoms with Crippen LogP contribution in [0.25, 0.3) is 0 Å². The zero-order valence-electron chi connectivity index (χ0n) is 8.86. The Balaban J connectivity index is 1.91. The van der Waals surface area contributed by atoms with Crippen LogP contribution in [-0.2, 0) is 0 Å². The molecule has 78 valence electrons. The number of nitrogens with zero attached hydrogens (tertiary/aromatic N) is 1. The summed E-state index contributed by atoms with van der Waals surface area (Å²) in [5, 5.41) is 3.70. The highest BCUT2D eigenvalue weighted by atomic mass is 32.1. The average molecular weight is 210 g/mol. The Morgan fingerprint density at radius 2 is 2.43 bits per heavy atom. The van der Waals surface area contributed by atoms with Gasteiger partial charge in [-0.1, -0.05) is 13.3 Å². The van der Waals surface area contributed by atoms with Crippen molar-refractivity contribution in [3.05, 3.63) is 16.6 Å². The van der Waals surface area contributed by atoms with Crippen LogP contribution >= 0.6 is 11.3 Å². The van der Waals surface area contributed by atoms with E-state index in [1.54, 1.807) is 11.3 Å². The van der Waals surface area contributed by atoms with Crippen molar-refractivity contribution in [3.63, 3.8) is 0 Å². The first kappa shape index (κ1) is 10.1. The third-order valence-electron chi connectivity index (χ3n) is 3.20. The maximum atomic E-state index is 4.12. The summed E-state index contributed by atoms with van der Waals surface area (Å²) in [7, 11) is 0. The Morgan fingerprint density at radius 3 is 3.00 bits per heavy atom. The highest BCUT2D eigenvalue weighted by Gasteiger charge is 2.24. The second-order valence-electron chi connectivity index (χ2n) is 4.31. The van der Waals surface area contributed by atoms with Crippen LogP contribution in [0.2, 0.25) is 0 Å². The second kappa shape index (κ2) is 4.41. The van der Waals surface area contributed by atoms with Crippen LogP contribution in [0.1, 0.15) is 44.0 Å². The molecule has 2 rings (SSSR count). The first-order valence-electron chi connectivity index (χ1n) is 5.42. The summed E-state index contributed by atoms with van der Waals surface area (Å²) in [5.41, 5.74) is 1.91. The molecule has 14 heavy (non-hydrogen) atoms. The molecule has 0 bridgehead atoms. The standard InChI is InChI=1S/C11H18N2S/c1-8-4-3-5-10(8)13-9(2)11-6-12-7-14-11/h6-10,13H,3-5H2,1-2H3. The molecule has 1 aromatic heterocycles. The largest absolute Gasteiger partial charge is 0.306 e. The molecule has 0 amide bonds. The van der Waals surface area contributed by atoms with Gasteiger partial charge in [0.05, 0.1) is 5.51 Å². The molecule has 0 radical (unpaired) electrons. The fourth-order valence-corrected chi connectivity index (χ4v) is 2.87. The monoisotopic (exact) mass is 210 g/mol. The van der Waals surface area contributed by atoms with Crippen molar-refractivity contribution < 1.29 is 0 Å². The third-order valence-corrected chi connectivity index (χ3v) is 4.16. The van der Waals surface area contributed by atoms with E-state index < -0.39 is 0 Å². The van der Waals surface area contributed by atoms with E-state index in [9.17, 15) is 0 Å². The van der Waals surface area contributed by atoms with Gasteiger partial charge in [0.15, 0.2) is 0 Å². The summed E-state index contributed by atoms with van der Waals surface area (Å²) in [5.74, 6) is 0.838. The Morgan fingerprint density at radius 1 is 1.57 bits per heavy atom. The van der Waals surface area contributed by atoms with Crippen molar-refractivity contribution in [1.29, 1.82) is 0 Å². The van der Waals surface area contributed by atoms with Gasteiger partial charge in [-0.25, -0.2) is 0 Å². The normalized spacial score (nSPS) is 29.3. The van der Waals surface area contributed by atoms with E-state index in [-0.39, 0.29) is 0 Å². The molecule has 1 saturated carbocycles. The van der Waals surface area contributed by atoms with E-state index in [1.807, 2.05) is 11.7 Å². The van der Waals surface area contributed by atoms with Gasteiger partial charge in [-0.3, -0.25) is 4.98 Å². The molecule has 3 atom stereocenters. The topological polar surface area (TPSA) is 24.9 Å². The molecule has 1 N–H and O–H groups in total. The van der Waals surface area contributed by atoms with Crippen LogP contribution in [0.3, 0.4) is 0 Å². The average Bonchev–Trinajstić information content (AvgIpc) is 2.77. The Hall–Kier alpha value is -0.410. The summed E-state index contributed by atoms with van der Waals surface area (Å²) in [6, 6.07) is 1.18. The quantitative estimate of drug-likeness (QED) is 0.829. The summed E-state index contributed by atoms with van der Waals surface area (Å²) in [6.45, 7) is 4.59. The molecule has 3 unspecified atom stereocenters. The van der Waals surface area contributed by atoms with E-state index in [0.29, 0.717) is 12.1 Å². The molecule has 0 aliphatic heterocycles. The lowest BCUT2D eigenvalue weighted by Gasteiger charge is -2.21. The predicted molar refractivity (Wildman–Crippen MR) is 60.5 cm³/mol. The molecule has 1 aliphatic rings. The van der Waals surface area contributed by atoms with Gasteiger partial charge in [0.1, 0.15) is 0 Å². The van der Waals surface area contributed by atoms with E-state index in [0.717, 1.165) is 5.92 Å². The van der Waals surface area contributed by atoms with Crippen LogP contribution in [0.5, 0.6) is 0 Å². The minimum absolute atomic E-state index is 0.466. The molecule has 0 spiro atoms. The molecule has 0 aromatic carbocycles. The van der Waals surface area contributed by atoms with Crippen molar-refractivity contribution >= 4 is 11.3 Å². The van der Waals surface area contributed by atoms with Crippen LogP contribution in [0.15, 0.2) is 11.7 Å². The summed E-state index contributed by atoms with van der Waals surface area (Å²) in [6.07, 6.45) is 6.08. The summed E-state index contributed by atoms with van der Waals surface area (Å²) >= 11 is 1.74. The van der Waals surface area contributed by atoms with Gasteiger partial charge >= 0.3 is 0 Å². The molecule has 2 nitrogen and oxygen atoms in total. The van der Waals surface area contributed by atoms with E-state index >= 15 is 0 Å². The fraction of sp³-hybridized carbons (Fsp3) is 0.727. The first-order valence-corrected chi connectivity index (χ1v) is 6.30. The summed E-state index contributed by atoms with van der Waals surface area (Å²) in [4.78, 5) is 5.47. The number of aromatic nitrogens is 1. The van der Waals surface area contributed by atoms with Gasteiger partial charge in [-0.15, -0.1) is 11.3 Å². The van der Waals surface area contributed by atoms with Gasteiger partial charge in [0.25, 0.3) is 0 Å². The van der Waals surface area contributed by atoms with Crippen molar-refractivity contribution in [2.45, 2.75) is 45.2 Å². The zero-order valence-corrected chi connectivity index (χ0v) is 9.68. The fourth-order valence-electron chi connectivity index (χ4n) is 2.24. The van der Waals surface area contributed by atoms with Crippen LogP contribution in [0, 0.1) is 5.92 Å². The summed E-state index contributed by atoms with van der Waals surface area (Å²) < 4.78 is 0. The number of nitrogens with one attached hydrogen (secondary N) is 1. The zero-order chi connectivity index (χ0) is 9.97. The molecule has 3 heteroatoms. The second-order valence-corrected chi connectivity index (χ2v) is 5.22. The van der Waals surface area contributed by atoms with Gasteiger partial charge in [0.2, 0.25) is 0 Å². The van der Waals surface area contributed by atoms with Crippen LogP contribution in [0.4, 0.5) is 0 Å². The minimum atomic E-state index is 0.466. The lowest BCUT2D eigenvalue weighted by molar-refractivity contribution is 0.390. The van der Waals surface area contributed by atoms with Gasteiger partial charge < -0.3 is 5.32 Å². The van der Waals surface area contributed by atoms with Gasteiger partial charge in [-0.05, 0) is 25.7 Å². The Kier molecular flexibility index (Phi) is 3.19. The Labute approximate surface area is 89.8 Å².